The molecule has 0 heterocycles. The smallest absolute Gasteiger partial charge is 0.169 e. The second kappa shape index (κ2) is 39.6. The van der Waals surface area contributed by atoms with Gasteiger partial charge in [-0.25, -0.2) is 0 Å². The normalized spacial score (nSPS) is 12.2. The fourth-order valence-electron chi connectivity index (χ4n) is 15.1. The molecular formula is C109H106F12. The van der Waals surface area contributed by atoms with Gasteiger partial charge in [-0.05, 0) is 181 Å². The largest absolute Gasteiger partial charge is 0.411 e. The summed E-state index contributed by atoms with van der Waals surface area (Å²) >= 11 is 0. The Morgan fingerprint density at radius 1 is 0.198 bits per heavy atom. The van der Waals surface area contributed by atoms with Crippen molar-refractivity contribution in [2.45, 2.75) is 164 Å². The third-order valence-corrected chi connectivity index (χ3v) is 22.1. The lowest BCUT2D eigenvalue weighted by Gasteiger charge is -2.38. The molecule has 0 nitrogen and oxygen atoms in total. The number of benzene rings is 14. The van der Waals surface area contributed by atoms with E-state index in [0.717, 1.165) is 55.0 Å². The van der Waals surface area contributed by atoms with Crippen molar-refractivity contribution in [3.8, 4) is 11.1 Å². The Labute approximate surface area is 707 Å². The Kier molecular flexibility index (Phi) is 30.5. The summed E-state index contributed by atoms with van der Waals surface area (Å²) in [4.78, 5) is 0. The molecule has 15 rings (SSSR count). The Bertz CT molecular complexity index is 5300. The van der Waals surface area contributed by atoms with Gasteiger partial charge in [0.25, 0.3) is 0 Å². The molecular weight excluding hydrogens is 1540 g/mol. The molecule has 0 unspecified atom stereocenters. The molecule has 0 bridgehead atoms. The van der Waals surface area contributed by atoms with Crippen LogP contribution in [0.15, 0.2) is 340 Å². The second-order valence-corrected chi connectivity index (χ2v) is 32.3. The first-order valence-electron chi connectivity index (χ1n) is 40.2. The third kappa shape index (κ3) is 22.3. The van der Waals surface area contributed by atoms with Crippen molar-refractivity contribution in [1.82, 2.24) is 0 Å². The molecule has 1 aliphatic rings. The van der Waals surface area contributed by atoms with Crippen LogP contribution in [-0.4, -0.2) is 24.7 Å². The van der Waals surface area contributed by atoms with Crippen LogP contribution in [0.3, 0.4) is 0 Å². The van der Waals surface area contributed by atoms with Crippen molar-refractivity contribution in [3.63, 3.8) is 0 Å². The summed E-state index contributed by atoms with van der Waals surface area (Å²) in [6, 6.07) is 105. The number of fused-ring (bicyclic) bond motifs is 3. The first-order valence-corrected chi connectivity index (χ1v) is 40.2. The summed E-state index contributed by atoms with van der Waals surface area (Å²) in [5, 5.41) is 0. The van der Waals surface area contributed by atoms with E-state index in [9.17, 15) is 52.7 Å². The topological polar surface area (TPSA) is 0 Å². The Hall–Kier alpha value is -11.8. The van der Waals surface area contributed by atoms with Crippen molar-refractivity contribution in [1.29, 1.82) is 0 Å². The minimum absolute atomic E-state index is 0.0708. The standard InChI is InChI=1S/C27H22.2C17H14F6.C17H20.C15H16.2C8H10/c1-19-11-15-21(16-12-19)27(22-17-13-20(2)14-18-22)25-9-5-3-7-23(25)24-8-4-6-10-26(24)27;1-11-3-7-13(8-4-11)15(16(18,19)20,17(21,22)23)14-9-5-12(2)6-10-14;1-11-6-8-13(9-7-11)15(16(18,19)20,17(21,22)23)14-5-3-4-12(2)10-14;1-13-5-9-15(10-6-13)17(3,4)16-11-7-14(2)8-12-16;1-12-3-7-14(8-4-12)11-15-9-5-13(2)6-10-15;1-7-3-5-8(2)6-4-7;1-7-4-3-5-8(2)6-7/h3-18H,1-2H3;2*3-10H,1-2H3;5-12H,1-4H3;3-10H,11H2,1-2H3;2*3-6H,1-2H3. The third-order valence-electron chi connectivity index (χ3n) is 22.1. The molecule has 0 aromatic heterocycles. The van der Waals surface area contributed by atoms with Crippen LogP contribution in [0, 0.1) is 96.9 Å². The Morgan fingerprint density at radius 3 is 0.661 bits per heavy atom. The molecule has 0 radical (unpaired) electrons. The van der Waals surface area contributed by atoms with Gasteiger partial charge in [0.1, 0.15) is 0 Å². The van der Waals surface area contributed by atoms with Gasteiger partial charge in [0.2, 0.25) is 10.8 Å². The van der Waals surface area contributed by atoms with Crippen molar-refractivity contribution in [3.05, 3.63) is 484 Å². The SMILES string of the molecule is Cc1ccc(C(C)(C)c2ccc(C)cc2)cc1.Cc1ccc(C(c2ccc(C)cc2)(C(F)(F)F)C(F)(F)F)cc1.Cc1ccc(C(c2cccc(C)c2)(C(F)(F)F)C(F)(F)F)cc1.Cc1ccc(C)cc1.Cc1ccc(C2(c3ccc(C)cc3)c3ccccc3-c3ccccc32)cc1.Cc1ccc(Cc2ccc(C)cc2)cc1.Cc1cccc(C)c1. The average molecular weight is 1640 g/mol. The van der Waals surface area contributed by atoms with Gasteiger partial charge in [-0.2, -0.15) is 52.7 Å². The van der Waals surface area contributed by atoms with Gasteiger partial charge in [0, 0.05) is 5.41 Å². The average Bonchev–Trinajstić information content (AvgIpc) is 1.68. The monoisotopic (exact) mass is 1640 g/mol. The summed E-state index contributed by atoms with van der Waals surface area (Å²) in [6.45, 7) is 32.0. The van der Waals surface area contributed by atoms with Crippen LogP contribution in [0.2, 0.25) is 0 Å². The fraction of sp³-hybridized carbons (Fsp3) is 0.229. The van der Waals surface area contributed by atoms with Crippen molar-refractivity contribution >= 4 is 0 Å². The highest BCUT2D eigenvalue weighted by Gasteiger charge is 2.73. The molecule has 0 amide bonds. The molecule has 1 aliphatic carbocycles. The zero-order valence-electron chi connectivity index (χ0n) is 71.6. The lowest BCUT2D eigenvalue weighted by molar-refractivity contribution is -0.290. The summed E-state index contributed by atoms with van der Waals surface area (Å²) in [6.07, 6.45) is -21.1. The Morgan fingerprint density at radius 2 is 0.413 bits per heavy atom. The van der Waals surface area contributed by atoms with E-state index < -0.39 is 57.8 Å². The maximum atomic E-state index is 13.8. The van der Waals surface area contributed by atoms with Crippen LogP contribution in [-0.2, 0) is 28.1 Å². The van der Waals surface area contributed by atoms with Crippen molar-refractivity contribution in [2.24, 2.45) is 0 Å². The van der Waals surface area contributed by atoms with Gasteiger partial charge in [-0.3, -0.25) is 0 Å². The maximum Gasteiger partial charge on any atom is 0.411 e. The quantitative estimate of drug-likeness (QED) is 0.120. The highest BCUT2D eigenvalue weighted by Crippen LogP contribution is 2.59. The van der Waals surface area contributed by atoms with E-state index >= 15 is 0 Å². The first-order chi connectivity index (χ1) is 57.0. The van der Waals surface area contributed by atoms with E-state index in [1.165, 1.54) is 167 Å². The summed E-state index contributed by atoms with van der Waals surface area (Å²) < 4.78 is 165. The Balaban J connectivity index is 0.000000166. The van der Waals surface area contributed by atoms with Crippen molar-refractivity contribution in [2.75, 3.05) is 0 Å². The zero-order chi connectivity index (χ0) is 88.5. The molecule has 626 valence electrons. The molecule has 0 saturated heterocycles. The number of aryl methyl sites for hydroxylation is 14. The van der Waals surface area contributed by atoms with E-state index in [0.29, 0.717) is 22.3 Å². The summed E-state index contributed by atoms with van der Waals surface area (Å²) in [5.74, 6) is 0. The lowest BCUT2D eigenvalue weighted by Crippen LogP contribution is -2.54. The van der Waals surface area contributed by atoms with Crippen LogP contribution < -0.4 is 0 Å². The molecule has 0 fully saturated rings. The number of hydrogen-bond donors (Lipinski definition) is 0. The highest BCUT2D eigenvalue weighted by atomic mass is 19.4. The molecule has 14 aromatic rings. The second-order valence-electron chi connectivity index (χ2n) is 32.3. The van der Waals surface area contributed by atoms with Crippen LogP contribution in [0.25, 0.3) is 11.1 Å². The van der Waals surface area contributed by atoms with Crippen LogP contribution in [0.5, 0.6) is 0 Å². The van der Waals surface area contributed by atoms with Crippen molar-refractivity contribution < 1.29 is 52.7 Å². The number of halogens is 12. The molecule has 0 N–H and O–H groups in total. The predicted molar refractivity (Wildman–Crippen MR) is 475 cm³/mol. The minimum atomic E-state index is -5.53. The lowest BCUT2D eigenvalue weighted by atomic mass is 9.67. The van der Waals surface area contributed by atoms with Gasteiger partial charge >= 0.3 is 24.7 Å². The molecule has 0 saturated carbocycles. The zero-order valence-corrected chi connectivity index (χ0v) is 71.6. The van der Waals surface area contributed by atoms with Gasteiger partial charge in [-0.1, -0.05) is 431 Å². The number of alkyl halides is 12. The molecule has 12 heteroatoms. The number of hydrogen-bond acceptors (Lipinski definition) is 0. The highest BCUT2D eigenvalue weighted by molar-refractivity contribution is 5.86. The molecule has 14 aromatic carbocycles. The molecule has 121 heavy (non-hydrogen) atoms. The predicted octanol–water partition coefficient (Wildman–Crippen LogP) is 31.2. The minimum Gasteiger partial charge on any atom is -0.169 e. The van der Waals surface area contributed by atoms with Gasteiger partial charge in [-0.15, -0.1) is 0 Å². The maximum absolute atomic E-state index is 13.8. The van der Waals surface area contributed by atoms with E-state index in [1.807, 2.05) is 0 Å². The molecule has 0 spiro atoms. The first kappa shape index (κ1) is 93.1. The van der Waals surface area contributed by atoms with E-state index in [4.69, 9.17) is 0 Å². The molecule has 0 atom stereocenters. The van der Waals surface area contributed by atoms with Crippen LogP contribution in [0.4, 0.5) is 52.7 Å². The van der Waals surface area contributed by atoms with E-state index in [-0.39, 0.29) is 10.8 Å². The number of rotatable bonds is 10. The van der Waals surface area contributed by atoms with Gasteiger partial charge in [0.15, 0.2) is 0 Å². The summed E-state index contributed by atoms with van der Waals surface area (Å²) in [5.41, 5.74) is 17.2. The van der Waals surface area contributed by atoms with Gasteiger partial charge < -0.3 is 0 Å². The van der Waals surface area contributed by atoms with E-state index in [2.05, 4.69) is 326 Å². The van der Waals surface area contributed by atoms with Crippen LogP contribution >= 0.6 is 0 Å². The summed E-state index contributed by atoms with van der Waals surface area (Å²) in [7, 11) is 0. The molecule has 0 aliphatic heterocycles. The van der Waals surface area contributed by atoms with Crippen LogP contribution in [0.1, 0.15) is 158 Å². The fourth-order valence-corrected chi connectivity index (χ4v) is 15.1. The van der Waals surface area contributed by atoms with E-state index in [1.54, 1.807) is 20.8 Å². The van der Waals surface area contributed by atoms with Gasteiger partial charge in [0.05, 0.1) is 5.41 Å².